The quantitative estimate of drug-likeness (QED) is 0.821. The average molecular weight is 317 g/mol. The van der Waals surface area contributed by atoms with Crippen molar-refractivity contribution in [1.82, 2.24) is 4.90 Å². The highest BCUT2D eigenvalue weighted by atomic mass is 16.3. The number of hydrogen-bond acceptors (Lipinski definition) is 3. The van der Waals surface area contributed by atoms with Gasteiger partial charge in [-0.3, -0.25) is 9.59 Å². The third-order valence-electron chi connectivity index (χ3n) is 4.75. The molecule has 0 saturated heterocycles. The van der Waals surface area contributed by atoms with Gasteiger partial charge in [0, 0.05) is 32.0 Å². The standard InChI is InChI=1S/C19H27NO3/c1-14-6-7-15(2)16(12-14)17(21)8-9-18(22)20(3)13-19(23)10-4-5-11-19/h6-7,12,23H,4-5,8-11,13H2,1-3H3. The second kappa shape index (κ2) is 7.26. The van der Waals surface area contributed by atoms with Gasteiger partial charge in [-0.05, 0) is 38.3 Å². The lowest BCUT2D eigenvalue weighted by atomic mass is 9.98. The fourth-order valence-electron chi connectivity index (χ4n) is 3.30. The van der Waals surface area contributed by atoms with E-state index in [1.807, 2.05) is 32.0 Å². The molecule has 0 radical (unpaired) electrons. The van der Waals surface area contributed by atoms with E-state index in [0.29, 0.717) is 12.1 Å². The summed E-state index contributed by atoms with van der Waals surface area (Å²) in [5, 5.41) is 10.4. The Labute approximate surface area is 138 Å². The molecule has 2 rings (SSSR count). The summed E-state index contributed by atoms with van der Waals surface area (Å²) in [5.41, 5.74) is 1.96. The predicted octanol–water partition coefficient (Wildman–Crippen LogP) is 3.03. The van der Waals surface area contributed by atoms with Crippen LogP contribution in [0.5, 0.6) is 0 Å². The van der Waals surface area contributed by atoms with Crippen LogP contribution >= 0.6 is 0 Å². The number of ketones is 1. The maximum atomic E-state index is 12.3. The topological polar surface area (TPSA) is 57.6 Å². The lowest BCUT2D eigenvalue weighted by molar-refractivity contribution is -0.133. The van der Waals surface area contributed by atoms with Gasteiger partial charge in [-0.2, -0.15) is 0 Å². The second-order valence-corrected chi connectivity index (χ2v) is 6.92. The van der Waals surface area contributed by atoms with Crippen molar-refractivity contribution in [2.24, 2.45) is 0 Å². The van der Waals surface area contributed by atoms with Crippen molar-refractivity contribution in [2.75, 3.05) is 13.6 Å². The van der Waals surface area contributed by atoms with Crippen LogP contribution in [0.15, 0.2) is 18.2 Å². The van der Waals surface area contributed by atoms with Gasteiger partial charge in [0.05, 0.1) is 5.60 Å². The molecule has 1 amide bonds. The lowest BCUT2D eigenvalue weighted by Gasteiger charge is -2.28. The van der Waals surface area contributed by atoms with Gasteiger partial charge >= 0.3 is 0 Å². The minimum atomic E-state index is -0.735. The smallest absolute Gasteiger partial charge is 0.222 e. The first-order valence-electron chi connectivity index (χ1n) is 8.37. The zero-order valence-electron chi connectivity index (χ0n) is 14.4. The highest BCUT2D eigenvalue weighted by molar-refractivity contribution is 5.99. The fraction of sp³-hybridized carbons (Fsp3) is 0.579. The zero-order valence-corrected chi connectivity index (χ0v) is 14.4. The number of aryl methyl sites for hydroxylation is 2. The van der Waals surface area contributed by atoms with Gasteiger partial charge < -0.3 is 10.0 Å². The Morgan fingerprint density at radius 1 is 1.17 bits per heavy atom. The van der Waals surface area contributed by atoms with Crippen LogP contribution in [0.2, 0.25) is 0 Å². The minimum absolute atomic E-state index is 0.00697. The molecule has 1 fully saturated rings. The monoisotopic (exact) mass is 317 g/mol. The van der Waals surface area contributed by atoms with Crippen LogP contribution in [0.1, 0.15) is 60.0 Å². The van der Waals surface area contributed by atoms with E-state index in [4.69, 9.17) is 0 Å². The van der Waals surface area contributed by atoms with Crippen LogP contribution in [-0.4, -0.2) is 40.9 Å². The Hall–Kier alpha value is -1.68. The number of hydrogen-bond donors (Lipinski definition) is 1. The molecule has 4 nitrogen and oxygen atoms in total. The van der Waals surface area contributed by atoms with Crippen LogP contribution in [0.3, 0.4) is 0 Å². The number of benzene rings is 1. The van der Waals surface area contributed by atoms with Gasteiger partial charge in [-0.1, -0.05) is 30.5 Å². The molecule has 1 aliphatic carbocycles. The van der Waals surface area contributed by atoms with E-state index in [0.717, 1.165) is 36.8 Å². The minimum Gasteiger partial charge on any atom is -0.388 e. The molecule has 0 atom stereocenters. The summed E-state index contributed by atoms with van der Waals surface area (Å²) >= 11 is 0. The Morgan fingerprint density at radius 2 is 1.83 bits per heavy atom. The molecule has 1 aliphatic rings. The lowest BCUT2D eigenvalue weighted by Crippen LogP contribution is -2.42. The summed E-state index contributed by atoms with van der Waals surface area (Å²) in [7, 11) is 1.71. The van der Waals surface area contributed by atoms with E-state index in [9.17, 15) is 14.7 Å². The van der Waals surface area contributed by atoms with E-state index in [1.165, 1.54) is 0 Å². The average Bonchev–Trinajstić information content (AvgIpc) is 2.93. The highest BCUT2D eigenvalue weighted by Crippen LogP contribution is 2.30. The first-order valence-corrected chi connectivity index (χ1v) is 8.37. The molecule has 1 N–H and O–H groups in total. The van der Waals surface area contributed by atoms with Crippen molar-refractivity contribution >= 4 is 11.7 Å². The number of likely N-dealkylation sites (N-methyl/N-ethyl adjacent to an activating group) is 1. The Balaban J connectivity index is 1.88. The summed E-state index contributed by atoms with van der Waals surface area (Å²) in [4.78, 5) is 26.1. The molecular formula is C19H27NO3. The molecule has 126 valence electrons. The van der Waals surface area contributed by atoms with Gasteiger partial charge in [0.1, 0.15) is 0 Å². The second-order valence-electron chi connectivity index (χ2n) is 6.92. The van der Waals surface area contributed by atoms with Crippen LogP contribution in [-0.2, 0) is 4.79 Å². The number of carbonyl (C=O) groups is 2. The molecule has 1 aromatic carbocycles. The Morgan fingerprint density at radius 3 is 2.48 bits per heavy atom. The molecule has 1 saturated carbocycles. The maximum Gasteiger partial charge on any atom is 0.222 e. The summed E-state index contributed by atoms with van der Waals surface area (Å²) < 4.78 is 0. The van der Waals surface area contributed by atoms with E-state index < -0.39 is 5.60 Å². The van der Waals surface area contributed by atoms with Gasteiger partial charge in [0.15, 0.2) is 5.78 Å². The summed E-state index contributed by atoms with van der Waals surface area (Å²) in [5.74, 6) is -0.0727. The van der Waals surface area contributed by atoms with Crippen molar-refractivity contribution in [1.29, 1.82) is 0 Å². The molecule has 0 bridgehead atoms. The molecule has 0 aromatic heterocycles. The summed E-state index contributed by atoms with van der Waals surface area (Å²) in [6.45, 7) is 4.23. The van der Waals surface area contributed by atoms with Crippen molar-refractivity contribution in [3.8, 4) is 0 Å². The fourth-order valence-corrected chi connectivity index (χ4v) is 3.30. The van der Waals surface area contributed by atoms with Crippen LogP contribution in [0.25, 0.3) is 0 Å². The van der Waals surface area contributed by atoms with E-state index in [2.05, 4.69) is 0 Å². The number of nitrogens with zero attached hydrogens (tertiary/aromatic N) is 1. The molecule has 0 heterocycles. The molecule has 0 unspecified atom stereocenters. The number of aliphatic hydroxyl groups is 1. The Bertz CT molecular complexity index is 588. The normalized spacial score (nSPS) is 16.3. The van der Waals surface area contributed by atoms with Gasteiger partial charge in [0.2, 0.25) is 5.91 Å². The number of amides is 1. The number of Topliss-reactive ketones (excluding diaryl/α,β-unsaturated/α-hetero) is 1. The van der Waals surface area contributed by atoms with Crippen molar-refractivity contribution in [3.05, 3.63) is 34.9 Å². The number of rotatable bonds is 6. The Kier molecular flexibility index (Phi) is 5.58. The van der Waals surface area contributed by atoms with E-state index in [1.54, 1.807) is 11.9 Å². The highest BCUT2D eigenvalue weighted by Gasteiger charge is 2.33. The molecule has 4 heteroatoms. The van der Waals surface area contributed by atoms with Gasteiger partial charge in [0.25, 0.3) is 0 Å². The molecule has 23 heavy (non-hydrogen) atoms. The van der Waals surface area contributed by atoms with Crippen molar-refractivity contribution in [2.45, 2.75) is 58.0 Å². The number of carbonyl (C=O) groups excluding carboxylic acids is 2. The van der Waals surface area contributed by atoms with Crippen LogP contribution < -0.4 is 0 Å². The SMILES string of the molecule is Cc1ccc(C)c(C(=O)CCC(=O)N(C)CC2(O)CCCC2)c1. The van der Waals surface area contributed by atoms with Crippen molar-refractivity contribution < 1.29 is 14.7 Å². The summed E-state index contributed by atoms with van der Waals surface area (Å²) in [6, 6.07) is 5.80. The van der Waals surface area contributed by atoms with E-state index >= 15 is 0 Å². The van der Waals surface area contributed by atoms with Crippen LogP contribution in [0, 0.1) is 13.8 Å². The predicted molar refractivity (Wildman–Crippen MR) is 90.5 cm³/mol. The van der Waals surface area contributed by atoms with Gasteiger partial charge in [-0.15, -0.1) is 0 Å². The molecule has 0 spiro atoms. The molecule has 1 aromatic rings. The van der Waals surface area contributed by atoms with E-state index in [-0.39, 0.29) is 24.5 Å². The first-order chi connectivity index (χ1) is 10.8. The zero-order chi connectivity index (χ0) is 17.0. The van der Waals surface area contributed by atoms with Crippen molar-refractivity contribution in [3.63, 3.8) is 0 Å². The maximum absolute atomic E-state index is 12.3. The third-order valence-corrected chi connectivity index (χ3v) is 4.75. The van der Waals surface area contributed by atoms with Gasteiger partial charge in [-0.25, -0.2) is 0 Å². The third kappa shape index (κ3) is 4.64. The molecule has 0 aliphatic heterocycles. The molecular weight excluding hydrogens is 290 g/mol. The van der Waals surface area contributed by atoms with Crippen LogP contribution in [0.4, 0.5) is 0 Å². The summed E-state index contributed by atoms with van der Waals surface area (Å²) in [6.07, 6.45) is 3.95. The largest absolute Gasteiger partial charge is 0.388 e. The first kappa shape index (κ1) is 17.7.